The van der Waals surface area contributed by atoms with Gasteiger partial charge in [0.25, 0.3) is 0 Å². The lowest BCUT2D eigenvalue weighted by molar-refractivity contribution is 0.259. The Morgan fingerprint density at radius 1 is 1.26 bits per heavy atom. The van der Waals surface area contributed by atoms with E-state index < -0.39 is 10.0 Å². The van der Waals surface area contributed by atoms with Gasteiger partial charge in [-0.25, -0.2) is 13.4 Å². The Bertz CT molecular complexity index is 966. The van der Waals surface area contributed by atoms with Gasteiger partial charge in [0, 0.05) is 58.1 Å². The van der Waals surface area contributed by atoms with Crippen molar-refractivity contribution in [1.29, 1.82) is 0 Å². The van der Waals surface area contributed by atoms with Crippen LogP contribution in [0.15, 0.2) is 40.2 Å². The van der Waals surface area contributed by atoms with Crippen molar-refractivity contribution in [3.63, 3.8) is 0 Å². The molecule has 1 aliphatic carbocycles. The van der Waals surface area contributed by atoms with Crippen molar-refractivity contribution in [2.24, 2.45) is 10.9 Å². The van der Waals surface area contributed by atoms with Gasteiger partial charge in [-0.3, -0.25) is 4.99 Å². The average molecular weight is 449 g/mol. The number of aromatic nitrogens is 2. The van der Waals surface area contributed by atoms with Crippen LogP contribution in [0.2, 0.25) is 0 Å². The number of nitrogens with zero attached hydrogens (tertiary/aromatic N) is 5. The molecule has 0 amide bonds. The largest absolute Gasteiger partial charge is 0.477 e. The lowest BCUT2D eigenvalue weighted by atomic mass is 10.3. The van der Waals surface area contributed by atoms with Crippen molar-refractivity contribution in [1.82, 2.24) is 24.7 Å². The molecule has 2 aliphatic rings. The van der Waals surface area contributed by atoms with Crippen LogP contribution < -0.4 is 10.1 Å². The number of guanidine groups is 1. The Kier molecular flexibility index (Phi) is 6.71. The molecule has 0 spiro atoms. The van der Waals surface area contributed by atoms with E-state index in [1.54, 1.807) is 19.3 Å². The second-order valence-corrected chi connectivity index (χ2v) is 9.76. The monoisotopic (exact) mass is 448 g/mol. The van der Waals surface area contributed by atoms with Crippen LogP contribution in [0.4, 0.5) is 0 Å². The van der Waals surface area contributed by atoms with E-state index in [4.69, 9.17) is 9.26 Å². The quantitative estimate of drug-likeness (QED) is 0.472. The summed E-state index contributed by atoms with van der Waals surface area (Å²) in [6, 6.07) is 5.45. The van der Waals surface area contributed by atoms with Gasteiger partial charge in [-0.05, 0) is 24.3 Å². The fraction of sp³-hybridized carbons (Fsp3) is 0.550. The zero-order chi connectivity index (χ0) is 21.7. The molecule has 2 aromatic rings. The van der Waals surface area contributed by atoms with Crippen LogP contribution in [0.3, 0.4) is 0 Å². The molecule has 0 aromatic carbocycles. The third-order valence-corrected chi connectivity index (χ3v) is 7.19. The van der Waals surface area contributed by atoms with Gasteiger partial charge in [-0.2, -0.15) is 4.31 Å². The van der Waals surface area contributed by atoms with Crippen LogP contribution in [0, 0.1) is 5.92 Å². The molecule has 1 saturated carbocycles. The first kappa shape index (κ1) is 21.6. The first-order valence-electron chi connectivity index (χ1n) is 10.4. The van der Waals surface area contributed by atoms with E-state index in [0.717, 1.165) is 18.1 Å². The number of hydrogen-bond acceptors (Lipinski definition) is 7. The van der Waals surface area contributed by atoms with Crippen molar-refractivity contribution < 1.29 is 17.7 Å². The molecule has 4 rings (SSSR count). The van der Waals surface area contributed by atoms with Crippen LogP contribution in [-0.2, 0) is 22.3 Å². The summed E-state index contributed by atoms with van der Waals surface area (Å²) in [5.74, 6) is 1.94. The standard InChI is InChI=1S/C20H28N6O4S/c1-21-20(23-13-17-4-5-19(22-12-17)29-14-16-2-3-16)25-7-9-26(10-8-25)31(27,28)15-18-6-11-30-24-18/h4-6,11-12,16H,2-3,7-10,13-15H2,1H3,(H,21,23). The lowest BCUT2D eigenvalue weighted by Crippen LogP contribution is -2.53. The number of rotatable bonds is 8. The molecular weight excluding hydrogens is 420 g/mol. The van der Waals surface area contributed by atoms with E-state index in [1.165, 1.54) is 23.4 Å². The summed E-state index contributed by atoms with van der Waals surface area (Å²) in [4.78, 5) is 10.8. The SMILES string of the molecule is CN=C(NCc1ccc(OCC2CC2)nc1)N1CCN(S(=O)(=O)Cc2ccon2)CC1. The molecule has 3 heterocycles. The van der Waals surface area contributed by atoms with Gasteiger partial charge >= 0.3 is 0 Å². The molecule has 168 valence electrons. The molecule has 1 aliphatic heterocycles. The Labute approximate surface area is 182 Å². The van der Waals surface area contributed by atoms with Crippen LogP contribution in [0.5, 0.6) is 5.88 Å². The number of ether oxygens (including phenoxy) is 1. The minimum Gasteiger partial charge on any atom is -0.477 e. The summed E-state index contributed by atoms with van der Waals surface area (Å²) in [5.41, 5.74) is 1.44. The predicted octanol–water partition coefficient (Wildman–Crippen LogP) is 1.08. The number of aliphatic imine (C=N–C) groups is 1. The van der Waals surface area contributed by atoms with E-state index in [0.29, 0.717) is 50.2 Å². The molecule has 0 unspecified atom stereocenters. The summed E-state index contributed by atoms with van der Waals surface area (Å²) in [5, 5.41) is 7.03. The van der Waals surface area contributed by atoms with Gasteiger partial charge < -0.3 is 19.5 Å². The van der Waals surface area contributed by atoms with Crippen molar-refractivity contribution in [2.75, 3.05) is 39.8 Å². The summed E-state index contributed by atoms with van der Waals surface area (Å²) in [7, 11) is -1.70. The van der Waals surface area contributed by atoms with E-state index in [2.05, 4.69) is 25.3 Å². The zero-order valence-corrected chi connectivity index (χ0v) is 18.4. The second-order valence-electron chi connectivity index (χ2n) is 7.79. The summed E-state index contributed by atoms with van der Waals surface area (Å²) < 4.78 is 37.1. The van der Waals surface area contributed by atoms with Gasteiger partial charge in [0.1, 0.15) is 12.0 Å². The van der Waals surface area contributed by atoms with Gasteiger partial charge in [0.05, 0.1) is 12.3 Å². The molecule has 0 radical (unpaired) electrons. The number of piperazine rings is 1. The lowest BCUT2D eigenvalue weighted by Gasteiger charge is -2.35. The van der Waals surface area contributed by atoms with Crippen LogP contribution in [0.1, 0.15) is 24.1 Å². The normalized spacial score (nSPS) is 18.2. The van der Waals surface area contributed by atoms with Crippen molar-refractivity contribution in [2.45, 2.75) is 25.1 Å². The molecular formula is C20H28N6O4S. The fourth-order valence-electron chi connectivity index (χ4n) is 3.37. The van der Waals surface area contributed by atoms with Crippen LogP contribution in [-0.4, -0.2) is 73.6 Å². The van der Waals surface area contributed by atoms with Crippen molar-refractivity contribution >= 4 is 16.0 Å². The van der Waals surface area contributed by atoms with E-state index >= 15 is 0 Å². The molecule has 2 fully saturated rings. The first-order valence-corrected chi connectivity index (χ1v) is 12.0. The Morgan fingerprint density at radius 3 is 2.68 bits per heavy atom. The number of hydrogen-bond donors (Lipinski definition) is 1. The van der Waals surface area contributed by atoms with Gasteiger partial charge in [-0.1, -0.05) is 11.2 Å². The highest BCUT2D eigenvalue weighted by molar-refractivity contribution is 7.88. The molecule has 1 N–H and O–H groups in total. The zero-order valence-electron chi connectivity index (χ0n) is 17.6. The van der Waals surface area contributed by atoms with Gasteiger partial charge in [0.2, 0.25) is 15.9 Å². The molecule has 0 atom stereocenters. The molecule has 2 aromatic heterocycles. The maximum Gasteiger partial charge on any atom is 0.220 e. The maximum atomic E-state index is 12.6. The van der Waals surface area contributed by atoms with Crippen LogP contribution >= 0.6 is 0 Å². The number of nitrogens with one attached hydrogen (secondary N) is 1. The van der Waals surface area contributed by atoms with Gasteiger partial charge in [0.15, 0.2) is 5.96 Å². The molecule has 11 heteroatoms. The average Bonchev–Trinajstić information content (AvgIpc) is 3.48. The second kappa shape index (κ2) is 9.65. The van der Waals surface area contributed by atoms with E-state index in [1.807, 2.05) is 12.1 Å². The summed E-state index contributed by atoms with van der Waals surface area (Å²) >= 11 is 0. The van der Waals surface area contributed by atoms with Crippen LogP contribution in [0.25, 0.3) is 0 Å². The van der Waals surface area contributed by atoms with Crippen molar-refractivity contribution in [3.8, 4) is 5.88 Å². The number of pyridine rings is 1. The Balaban J connectivity index is 1.24. The van der Waals surface area contributed by atoms with E-state index in [9.17, 15) is 8.42 Å². The van der Waals surface area contributed by atoms with Crippen molar-refractivity contribution in [3.05, 3.63) is 41.9 Å². The first-order chi connectivity index (χ1) is 15.0. The Morgan fingerprint density at radius 2 is 2.06 bits per heavy atom. The third kappa shape index (κ3) is 5.95. The minimum atomic E-state index is -3.42. The highest BCUT2D eigenvalue weighted by Crippen LogP contribution is 2.29. The maximum absolute atomic E-state index is 12.6. The fourth-order valence-corrected chi connectivity index (χ4v) is 4.80. The Hall–Kier alpha value is -2.66. The molecule has 0 bridgehead atoms. The number of sulfonamides is 1. The molecule has 10 nitrogen and oxygen atoms in total. The topological polar surface area (TPSA) is 113 Å². The molecule has 1 saturated heterocycles. The highest BCUT2D eigenvalue weighted by atomic mass is 32.2. The minimum absolute atomic E-state index is 0.149. The van der Waals surface area contributed by atoms with Gasteiger partial charge in [-0.15, -0.1) is 0 Å². The van der Waals surface area contributed by atoms with E-state index in [-0.39, 0.29) is 5.75 Å². The highest BCUT2D eigenvalue weighted by Gasteiger charge is 2.29. The smallest absolute Gasteiger partial charge is 0.220 e. The third-order valence-electron chi connectivity index (χ3n) is 5.38. The molecule has 31 heavy (non-hydrogen) atoms. The predicted molar refractivity (Wildman–Crippen MR) is 115 cm³/mol. The summed E-state index contributed by atoms with van der Waals surface area (Å²) in [6.07, 6.45) is 5.69. The summed E-state index contributed by atoms with van der Waals surface area (Å²) in [6.45, 7) is 3.24.